The van der Waals surface area contributed by atoms with Gasteiger partial charge in [-0.3, -0.25) is 0 Å². The number of halogens is 2. The van der Waals surface area contributed by atoms with Crippen LogP contribution >= 0.6 is 35.6 Å². The van der Waals surface area contributed by atoms with Crippen molar-refractivity contribution in [1.29, 1.82) is 0 Å². The standard InChI is InChI=1S/C15H11F2N3S3/c1-9-8-21-15(19-9)20-13-7-10(5-6-18-13)14-11(22-16)3-2-4-12(14)23-17/h2-8H,1H3,(H,18,19,20). The molecule has 0 amide bonds. The first-order valence-electron chi connectivity index (χ1n) is 6.57. The van der Waals surface area contributed by atoms with E-state index in [0.29, 0.717) is 26.7 Å². The molecule has 3 nitrogen and oxygen atoms in total. The molecule has 0 saturated carbocycles. The fourth-order valence-corrected chi connectivity index (χ4v) is 3.73. The zero-order valence-corrected chi connectivity index (χ0v) is 14.4. The van der Waals surface area contributed by atoms with E-state index in [9.17, 15) is 7.77 Å². The summed E-state index contributed by atoms with van der Waals surface area (Å²) in [5.74, 6) is 0.574. The van der Waals surface area contributed by atoms with Crippen LogP contribution in [-0.4, -0.2) is 9.97 Å². The number of nitrogens with one attached hydrogen (secondary N) is 1. The van der Waals surface area contributed by atoms with Crippen LogP contribution < -0.4 is 5.32 Å². The highest BCUT2D eigenvalue weighted by atomic mass is 32.2. The Morgan fingerprint density at radius 3 is 2.48 bits per heavy atom. The average Bonchev–Trinajstić information content (AvgIpc) is 2.99. The van der Waals surface area contributed by atoms with Crippen molar-refractivity contribution in [1.82, 2.24) is 9.97 Å². The van der Waals surface area contributed by atoms with Gasteiger partial charge in [-0.2, -0.15) is 7.77 Å². The molecule has 1 aromatic carbocycles. The molecule has 0 saturated heterocycles. The minimum absolute atomic E-state index is 0.102. The normalized spacial score (nSPS) is 10.7. The number of nitrogens with zero attached hydrogens (tertiary/aromatic N) is 2. The summed E-state index contributed by atoms with van der Waals surface area (Å²) in [6.45, 7) is 1.91. The molecule has 0 atom stereocenters. The summed E-state index contributed by atoms with van der Waals surface area (Å²) in [5, 5.41) is 5.76. The monoisotopic (exact) mass is 367 g/mol. The topological polar surface area (TPSA) is 37.8 Å². The maximum absolute atomic E-state index is 13.2. The number of hydrogen-bond acceptors (Lipinski definition) is 6. The van der Waals surface area contributed by atoms with Gasteiger partial charge >= 0.3 is 0 Å². The van der Waals surface area contributed by atoms with E-state index >= 15 is 0 Å². The lowest BCUT2D eigenvalue weighted by atomic mass is 10.1. The molecule has 0 aliphatic carbocycles. The van der Waals surface area contributed by atoms with Gasteiger partial charge in [0.05, 0.1) is 30.0 Å². The number of aromatic nitrogens is 2. The van der Waals surface area contributed by atoms with Crippen molar-refractivity contribution in [3.05, 3.63) is 47.6 Å². The van der Waals surface area contributed by atoms with E-state index in [1.165, 1.54) is 11.3 Å². The number of thiazole rings is 1. The molecule has 3 aromatic rings. The third-order valence-electron chi connectivity index (χ3n) is 3.06. The first kappa shape index (κ1) is 16.2. The van der Waals surface area contributed by atoms with Crippen molar-refractivity contribution in [3.8, 4) is 11.1 Å². The molecule has 3 rings (SSSR count). The molecule has 23 heavy (non-hydrogen) atoms. The van der Waals surface area contributed by atoms with Gasteiger partial charge in [0.1, 0.15) is 5.82 Å². The van der Waals surface area contributed by atoms with Crippen molar-refractivity contribution in [2.45, 2.75) is 16.7 Å². The first-order chi connectivity index (χ1) is 11.2. The maximum Gasteiger partial charge on any atom is 0.188 e. The van der Waals surface area contributed by atoms with Crippen LogP contribution in [0.2, 0.25) is 0 Å². The Balaban J connectivity index is 2.00. The van der Waals surface area contributed by atoms with Gasteiger partial charge in [-0.25, -0.2) is 9.97 Å². The molecule has 0 bridgehead atoms. The fraction of sp³-hybridized carbons (Fsp3) is 0.0667. The van der Waals surface area contributed by atoms with Gasteiger partial charge < -0.3 is 5.32 Å². The summed E-state index contributed by atoms with van der Waals surface area (Å²) in [6.07, 6.45) is 1.60. The van der Waals surface area contributed by atoms with Gasteiger partial charge in [0.2, 0.25) is 0 Å². The van der Waals surface area contributed by atoms with Crippen molar-refractivity contribution in [3.63, 3.8) is 0 Å². The maximum atomic E-state index is 13.2. The second-order valence-electron chi connectivity index (χ2n) is 4.63. The zero-order valence-electron chi connectivity index (χ0n) is 11.9. The van der Waals surface area contributed by atoms with Crippen molar-refractivity contribution < 1.29 is 7.77 Å². The molecule has 2 heterocycles. The van der Waals surface area contributed by atoms with E-state index in [1.807, 2.05) is 12.3 Å². The SMILES string of the molecule is Cc1csc(Nc2cc(-c3c(SF)cccc3SF)ccn2)n1. The zero-order chi connectivity index (χ0) is 16.2. The minimum atomic E-state index is 0.102. The van der Waals surface area contributed by atoms with Crippen molar-refractivity contribution >= 4 is 46.6 Å². The molecule has 8 heteroatoms. The third kappa shape index (κ3) is 3.65. The summed E-state index contributed by atoms with van der Waals surface area (Å²) >= 11 is 1.67. The number of rotatable bonds is 5. The highest BCUT2D eigenvalue weighted by molar-refractivity contribution is 7.95. The van der Waals surface area contributed by atoms with Crippen LogP contribution in [0.25, 0.3) is 11.1 Å². The van der Waals surface area contributed by atoms with Crippen molar-refractivity contribution in [2.24, 2.45) is 0 Å². The van der Waals surface area contributed by atoms with E-state index < -0.39 is 0 Å². The first-order valence-corrected chi connectivity index (χ1v) is 8.88. The second-order valence-corrected chi connectivity index (χ2v) is 6.68. The average molecular weight is 367 g/mol. The molecule has 2 aromatic heterocycles. The van der Waals surface area contributed by atoms with Crippen LogP contribution in [0.3, 0.4) is 0 Å². The lowest BCUT2D eigenvalue weighted by Crippen LogP contribution is -1.94. The number of aryl methyl sites for hydroxylation is 1. The Morgan fingerprint density at radius 1 is 1.13 bits per heavy atom. The van der Waals surface area contributed by atoms with Gasteiger partial charge in [0.15, 0.2) is 5.13 Å². The summed E-state index contributed by atoms with van der Waals surface area (Å²) < 4.78 is 26.4. The predicted molar refractivity (Wildman–Crippen MR) is 93.7 cm³/mol. The molecular formula is C15H11F2N3S3. The Labute approximate surface area is 145 Å². The largest absolute Gasteiger partial charge is 0.316 e. The van der Waals surface area contributed by atoms with E-state index in [-0.39, 0.29) is 24.3 Å². The Bertz CT molecular complexity index is 801. The van der Waals surface area contributed by atoms with Crippen LogP contribution in [-0.2, 0) is 0 Å². The van der Waals surface area contributed by atoms with Crippen LogP contribution in [0.4, 0.5) is 18.7 Å². The Kier molecular flexibility index (Phi) is 5.14. The second kappa shape index (κ2) is 7.29. The Hall–Kier alpha value is -1.64. The third-order valence-corrected chi connectivity index (χ3v) is 4.95. The van der Waals surface area contributed by atoms with E-state index in [0.717, 1.165) is 10.8 Å². The van der Waals surface area contributed by atoms with E-state index in [1.54, 1.807) is 36.5 Å². The lowest BCUT2D eigenvalue weighted by molar-refractivity contribution is 0.927. The highest BCUT2D eigenvalue weighted by Gasteiger charge is 2.13. The summed E-state index contributed by atoms with van der Waals surface area (Å²) in [6, 6.07) is 8.36. The van der Waals surface area contributed by atoms with Crippen LogP contribution in [0.1, 0.15) is 5.69 Å². The van der Waals surface area contributed by atoms with E-state index in [2.05, 4.69) is 15.3 Å². The number of pyridine rings is 1. The fourth-order valence-electron chi connectivity index (χ4n) is 2.10. The molecule has 0 radical (unpaired) electrons. The molecule has 0 aliphatic heterocycles. The highest BCUT2D eigenvalue weighted by Crippen LogP contribution is 2.40. The lowest BCUT2D eigenvalue weighted by Gasteiger charge is -2.11. The molecule has 1 N–H and O–H groups in total. The molecule has 0 unspecified atom stereocenters. The number of anilines is 2. The molecule has 0 fully saturated rings. The predicted octanol–water partition coefficient (Wildman–Crippen LogP) is 6.21. The molecular weight excluding hydrogens is 356 g/mol. The van der Waals surface area contributed by atoms with Crippen LogP contribution in [0.5, 0.6) is 0 Å². The Morgan fingerprint density at radius 2 is 1.87 bits per heavy atom. The summed E-state index contributed by atoms with van der Waals surface area (Å²) in [5.41, 5.74) is 2.13. The minimum Gasteiger partial charge on any atom is -0.316 e. The number of hydrogen-bond donors (Lipinski definition) is 1. The van der Waals surface area contributed by atoms with Gasteiger partial charge in [-0.15, -0.1) is 11.3 Å². The summed E-state index contributed by atoms with van der Waals surface area (Å²) in [7, 11) is 0. The van der Waals surface area contributed by atoms with E-state index in [4.69, 9.17) is 0 Å². The molecule has 0 spiro atoms. The van der Waals surface area contributed by atoms with Crippen LogP contribution in [0.15, 0.2) is 51.7 Å². The van der Waals surface area contributed by atoms with Gasteiger partial charge in [0, 0.05) is 26.9 Å². The van der Waals surface area contributed by atoms with Gasteiger partial charge in [-0.1, -0.05) is 6.07 Å². The van der Waals surface area contributed by atoms with Crippen molar-refractivity contribution in [2.75, 3.05) is 5.32 Å². The number of benzene rings is 1. The molecule has 118 valence electrons. The van der Waals surface area contributed by atoms with Gasteiger partial charge in [-0.05, 0) is 36.8 Å². The van der Waals surface area contributed by atoms with Crippen LogP contribution in [0, 0.1) is 6.92 Å². The summed E-state index contributed by atoms with van der Waals surface area (Å²) in [4.78, 5) is 9.29. The van der Waals surface area contributed by atoms with Gasteiger partial charge in [0.25, 0.3) is 0 Å². The molecule has 0 aliphatic rings. The quantitative estimate of drug-likeness (QED) is 0.580. The smallest absolute Gasteiger partial charge is 0.188 e.